The van der Waals surface area contributed by atoms with Crippen molar-refractivity contribution in [2.75, 3.05) is 26.7 Å². The van der Waals surface area contributed by atoms with Gasteiger partial charge in [0.05, 0.1) is 6.04 Å². The van der Waals surface area contributed by atoms with Gasteiger partial charge < -0.3 is 9.80 Å². The Kier molecular flexibility index (Phi) is 4.37. The molecule has 1 fully saturated rings. The van der Waals surface area contributed by atoms with Crippen molar-refractivity contribution >= 4 is 5.91 Å². The summed E-state index contributed by atoms with van der Waals surface area (Å²) in [6.45, 7) is 4.91. The van der Waals surface area contributed by atoms with Gasteiger partial charge in [-0.25, -0.2) is 0 Å². The first kappa shape index (κ1) is 13.1. The maximum atomic E-state index is 11.6. The molecule has 98 valence electrons. The summed E-state index contributed by atoms with van der Waals surface area (Å²) in [5, 5.41) is 0. The molecular formula is C15H22N2O. The average molecular weight is 246 g/mol. The van der Waals surface area contributed by atoms with Crippen molar-refractivity contribution in [1.29, 1.82) is 0 Å². The van der Waals surface area contributed by atoms with Crippen molar-refractivity contribution in [1.82, 2.24) is 9.80 Å². The molecule has 0 unspecified atom stereocenters. The molecule has 0 bridgehead atoms. The molecule has 1 aliphatic rings. The van der Waals surface area contributed by atoms with E-state index in [1.165, 1.54) is 18.4 Å². The van der Waals surface area contributed by atoms with E-state index in [0.717, 1.165) is 19.6 Å². The van der Waals surface area contributed by atoms with Gasteiger partial charge in [0, 0.05) is 20.5 Å². The van der Waals surface area contributed by atoms with Crippen LogP contribution in [0.1, 0.15) is 31.4 Å². The highest BCUT2D eigenvalue weighted by Gasteiger charge is 2.23. The van der Waals surface area contributed by atoms with E-state index in [4.69, 9.17) is 0 Å². The van der Waals surface area contributed by atoms with E-state index in [2.05, 4.69) is 17.0 Å². The van der Waals surface area contributed by atoms with Gasteiger partial charge in [-0.1, -0.05) is 30.3 Å². The van der Waals surface area contributed by atoms with Crippen molar-refractivity contribution in [2.24, 2.45) is 0 Å². The van der Waals surface area contributed by atoms with Crippen LogP contribution in [0.25, 0.3) is 0 Å². The van der Waals surface area contributed by atoms with Gasteiger partial charge in [-0.2, -0.15) is 0 Å². The van der Waals surface area contributed by atoms with E-state index in [1.54, 1.807) is 6.92 Å². The highest BCUT2D eigenvalue weighted by Crippen LogP contribution is 2.22. The van der Waals surface area contributed by atoms with Crippen LogP contribution in [0.5, 0.6) is 0 Å². The van der Waals surface area contributed by atoms with Crippen LogP contribution in [-0.2, 0) is 4.79 Å². The number of hydrogen-bond donors (Lipinski definition) is 0. The van der Waals surface area contributed by atoms with Gasteiger partial charge in [0.1, 0.15) is 0 Å². The molecular weight excluding hydrogens is 224 g/mol. The number of nitrogens with zero attached hydrogens (tertiary/aromatic N) is 2. The molecule has 1 aliphatic heterocycles. The summed E-state index contributed by atoms with van der Waals surface area (Å²) in [6.07, 6.45) is 2.57. The highest BCUT2D eigenvalue weighted by atomic mass is 16.2. The quantitative estimate of drug-likeness (QED) is 0.814. The minimum Gasteiger partial charge on any atom is -0.338 e. The summed E-state index contributed by atoms with van der Waals surface area (Å²) < 4.78 is 0. The Bertz CT molecular complexity index is 385. The largest absolute Gasteiger partial charge is 0.338 e. The molecule has 18 heavy (non-hydrogen) atoms. The van der Waals surface area contributed by atoms with Crippen molar-refractivity contribution in [3.8, 4) is 0 Å². The van der Waals surface area contributed by atoms with Crippen LogP contribution < -0.4 is 0 Å². The fourth-order valence-electron chi connectivity index (χ4n) is 2.56. The first-order valence-electron chi connectivity index (χ1n) is 6.69. The summed E-state index contributed by atoms with van der Waals surface area (Å²) in [4.78, 5) is 15.9. The molecule has 0 aromatic heterocycles. The number of likely N-dealkylation sites (tertiary alicyclic amines) is 1. The van der Waals surface area contributed by atoms with Gasteiger partial charge in [0.2, 0.25) is 5.91 Å². The summed E-state index contributed by atoms with van der Waals surface area (Å²) >= 11 is 0. The summed E-state index contributed by atoms with van der Waals surface area (Å²) in [5.41, 5.74) is 1.22. The van der Waals surface area contributed by atoms with Gasteiger partial charge in [0.15, 0.2) is 0 Å². The second-order valence-corrected chi connectivity index (χ2v) is 5.06. The zero-order chi connectivity index (χ0) is 13.0. The molecule has 0 aliphatic carbocycles. The number of carbonyl (C=O) groups is 1. The molecule has 1 heterocycles. The average Bonchev–Trinajstić information content (AvgIpc) is 2.89. The Labute approximate surface area is 109 Å². The molecule has 0 radical (unpaired) electrons. The molecule has 1 aromatic carbocycles. The van der Waals surface area contributed by atoms with E-state index >= 15 is 0 Å². The molecule has 1 atom stereocenters. The summed E-state index contributed by atoms with van der Waals surface area (Å²) in [7, 11) is 1.90. The number of carbonyl (C=O) groups excluding carboxylic acids is 1. The van der Waals surface area contributed by atoms with Gasteiger partial charge >= 0.3 is 0 Å². The zero-order valence-corrected chi connectivity index (χ0v) is 11.3. The molecule has 1 aromatic rings. The monoisotopic (exact) mass is 246 g/mol. The van der Waals surface area contributed by atoms with Crippen LogP contribution >= 0.6 is 0 Å². The first-order valence-corrected chi connectivity index (χ1v) is 6.69. The summed E-state index contributed by atoms with van der Waals surface area (Å²) in [5.74, 6) is 0.128. The van der Waals surface area contributed by atoms with Crippen molar-refractivity contribution in [3.05, 3.63) is 35.9 Å². The van der Waals surface area contributed by atoms with Crippen LogP contribution in [0.3, 0.4) is 0 Å². The first-order chi connectivity index (χ1) is 8.68. The second kappa shape index (κ2) is 6.01. The van der Waals surface area contributed by atoms with Gasteiger partial charge in [-0.15, -0.1) is 0 Å². The minimum atomic E-state index is 0.128. The molecule has 0 saturated carbocycles. The van der Waals surface area contributed by atoms with E-state index in [1.807, 2.05) is 30.1 Å². The lowest BCUT2D eigenvalue weighted by molar-refractivity contribution is -0.130. The third-order valence-electron chi connectivity index (χ3n) is 3.78. The van der Waals surface area contributed by atoms with Crippen LogP contribution in [0.2, 0.25) is 0 Å². The number of benzene rings is 1. The predicted molar refractivity (Wildman–Crippen MR) is 73.3 cm³/mol. The molecule has 2 rings (SSSR count). The third-order valence-corrected chi connectivity index (χ3v) is 3.78. The Morgan fingerprint density at radius 3 is 2.44 bits per heavy atom. The standard InChI is InChI=1S/C15H22N2O/c1-13(18)16(2)15(12-17-10-6-7-11-17)14-8-4-3-5-9-14/h3-5,8-9,15H,6-7,10-12H2,1-2H3/t15-/m1/s1. The van der Waals surface area contributed by atoms with Crippen molar-refractivity contribution in [2.45, 2.75) is 25.8 Å². The number of amides is 1. The van der Waals surface area contributed by atoms with E-state index in [9.17, 15) is 4.79 Å². The van der Waals surface area contributed by atoms with Gasteiger partial charge in [0.25, 0.3) is 0 Å². The number of hydrogen-bond acceptors (Lipinski definition) is 2. The molecule has 3 heteroatoms. The fraction of sp³-hybridized carbons (Fsp3) is 0.533. The van der Waals surface area contributed by atoms with E-state index in [-0.39, 0.29) is 11.9 Å². The normalized spacial score (nSPS) is 17.7. The molecule has 0 spiro atoms. The maximum absolute atomic E-state index is 11.6. The zero-order valence-electron chi connectivity index (χ0n) is 11.3. The van der Waals surface area contributed by atoms with Crippen molar-refractivity contribution < 1.29 is 4.79 Å². The van der Waals surface area contributed by atoms with Crippen LogP contribution in [0.4, 0.5) is 0 Å². The summed E-state index contributed by atoms with van der Waals surface area (Å²) in [6, 6.07) is 10.5. The Morgan fingerprint density at radius 1 is 1.28 bits per heavy atom. The topological polar surface area (TPSA) is 23.6 Å². The van der Waals surface area contributed by atoms with E-state index in [0.29, 0.717) is 0 Å². The highest BCUT2D eigenvalue weighted by molar-refractivity contribution is 5.73. The minimum absolute atomic E-state index is 0.128. The second-order valence-electron chi connectivity index (χ2n) is 5.06. The smallest absolute Gasteiger partial charge is 0.219 e. The maximum Gasteiger partial charge on any atom is 0.219 e. The van der Waals surface area contributed by atoms with E-state index < -0.39 is 0 Å². The third kappa shape index (κ3) is 3.10. The Hall–Kier alpha value is -1.35. The van der Waals surface area contributed by atoms with Crippen LogP contribution in [0.15, 0.2) is 30.3 Å². The van der Waals surface area contributed by atoms with Crippen molar-refractivity contribution in [3.63, 3.8) is 0 Å². The predicted octanol–water partition coefficient (Wildman–Crippen LogP) is 2.30. The Balaban J connectivity index is 2.14. The van der Waals surface area contributed by atoms with Crippen LogP contribution in [0, 0.1) is 0 Å². The Morgan fingerprint density at radius 2 is 1.89 bits per heavy atom. The number of rotatable bonds is 4. The molecule has 1 amide bonds. The molecule has 3 nitrogen and oxygen atoms in total. The van der Waals surface area contributed by atoms with Gasteiger partial charge in [-0.05, 0) is 31.5 Å². The fourth-order valence-corrected chi connectivity index (χ4v) is 2.56. The molecule has 0 N–H and O–H groups in total. The van der Waals surface area contributed by atoms with Crippen LogP contribution in [-0.4, -0.2) is 42.4 Å². The molecule has 1 saturated heterocycles. The van der Waals surface area contributed by atoms with Gasteiger partial charge in [-0.3, -0.25) is 4.79 Å². The lowest BCUT2D eigenvalue weighted by Crippen LogP contribution is -2.37. The SMILES string of the molecule is CC(=O)N(C)[C@H](CN1CCCC1)c1ccccc1. The number of likely N-dealkylation sites (N-methyl/N-ethyl adjacent to an activating group) is 1. The lowest BCUT2D eigenvalue weighted by atomic mass is 10.1. The lowest BCUT2D eigenvalue weighted by Gasteiger charge is -2.31.